The second-order valence-electron chi connectivity index (χ2n) is 5.45. The van der Waals surface area contributed by atoms with Crippen LogP contribution in [0.1, 0.15) is 42.2 Å². The molecule has 1 aromatic heterocycles. The van der Waals surface area contributed by atoms with Crippen LogP contribution in [-0.4, -0.2) is 6.04 Å². The summed E-state index contributed by atoms with van der Waals surface area (Å²) in [5.74, 6) is 0.698. The number of benzene rings is 1. The summed E-state index contributed by atoms with van der Waals surface area (Å²) in [4.78, 5) is 1.32. The van der Waals surface area contributed by atoms with Gasteiger partial charge >= 0.3 is 0 Å². The first-order valence-corrected chi connectivity index (χ1v) is 8.87. The Morgan fingerprint density at radius 2 is 2.10 bits per heavy atom. The minimum absolute atomic E-state index is 0.390. The van der Waals surface area contributed by atoms with Crippen molar-refractivity contribution in [3.05, 3.63) is 55.6 Å². The number of hydrogen-bond donors (Lipinski definition) is 1. The van der Waals surface area contributed by atoms with E-state index in [0.717, 1.165) is 4.34 Å². The van der Waals surface area contributed by atoms with E-state index in [1.807, 2.05) is 6.07 Å². The van der Waals surface area contributed by atoms with E-state index in [4.69, 9.17) is 11.6 Å². The van der Waals surface area contributed by atoms with Crippen LogP contribution in [0.3, 0.4) is 0 Å². The van der Waals surface area contributed by atoms with E-state index in [1.165, 1.54) is 27.8 Å². The molecule has 1 saturated carbocycles. The first-order chi connectivity index (χ1) is 9.61. The fourth-order valence-electron chi connectivity index (χ4n) is 2.78. The minimum atomic E-state index is 0.390. The second kappa shape index (κ2) is 6.18. The normalized spacial score (nSPS) is 23.4. The van der Waals surface area contributed by atoms with Gasteiger partial charge in [-0.2, -0.15) is 0 Å². The molecular formula is C16H17BrClNS. The van der Waals surface area contributed by atoms with Crippen molar-refractivity contribution >= 4 is 38.9 Å². The van der Waals surface area contributed by atoms with Crippen LogP contribution in [-0.2, 0) is 0 Å². The number of hydrogen-bond acceptors (Lipinski definition) is 2. The van der Waals surface area contributed by atoms with Crippen LogP contribution in [0.4, 0.5) is 0 Å². The third kappa shape index (κ3) is 3.28. The molecule has 1 aliphatic carbocycles. The molecule has 1 aromatic carbocycles. The molecule has 1 fully saturated rings. The van der Waals surface area contributed by atoms with Gasteiger partial charge in [0.1, 0.15) is 0 Å². The van der Waals surface area contributed by atoms with E-state index < -0.39 is 0 Å². The molecule has 1 atom stereocenters. The fraction of sp³-hybridized carbons (Fsp3) is 0.375. The Hall–Kier alpha value is -0.350. The molecule has 0 radical (unpaired) electrons. The van der Waals surface area contributed by atoms with Gasteiger partial charge in [-0.3, -0.25) is 0 Å². The van der Waals surface area contributed by atoms with Crippen LogP contribution in [0, 0.1) is 0 Å². The van der Waals surface area contributed by atoms with Gasteiger partial charge in [0.05, 0.1) is 4.34 Å². The van der Waals surface area contributed by atoms with Crippen LogP contribution in [0.2, 0.25) is 4.34 Å². The molecule has 20 heavy (non-hydrogen) atoms. The highest BCUT2D eigenvalue weighted by Crippen LogP contribution is 2.39. The number of nitrogens with one attached hydrogen (secondary N) is 1. The first-order valence-electron chi connectivity index (χ1n) is 6.88. The highest BCUT2D eigenvalue weighted by atomic mass is 79.9. The van der Waals surface area contributed by atoms with E-state index in [0.29, 0.717) is 18.0 Å². The maximum absolute atomic E-state index is 5.99. The van der Waals surface area contributed by atoms with E-state index in [2.05, 4.69) is 58.5 Å². The first kappa shape index (κ1) is 14.6. The lowest BCUT2D eigenvalue weighted by molar-refractivity contribution is 0.272. The summed E-state index contributed by atoms with van der Waals surface area (Å²) in [5, 5.41) is 3.70. The average molecular weight is 371 g/mol. The molecule has 0 amide bonds. The van der Waals surface area contributed by atoms with Crippen molar-refractivity contribution in [2.24, 2.45) is 0 Å². The smallest absolute Gasteiger partial charge is 0.0931 e. The summed E-state index contributed by atoms with van der Waals surface area (Å²) in [6, 6.07) is 13.8. The SMILES string of the molecule is CC(NC1CC(c2cccc(Br)c2)C1)c1ccc(Cl)s1. The van der Waals surface area contributed by atoms with Crippen LogP contribution in [0.15, 0.2) is 40.9 Å². The molecule has 0 aliphatic heterocycles. The second-order valence-corrected chi connectivity index (χ2v) is 8.11. The molecule has 1 aliphatic rings. The van der Waals surface area contributed by atoms with Crippen molar-refractivity contribution in [1.82, 2.24) is 5.32 Å². The molecular weight excluding hydrogens is 354 g/mol. The summed E-state index contributed by atoms with van der Waals surface area (Å²) in [6.07, 6.45) is 2.44. The summed E-state index contributed by atoms with van der Waals surface area (Å²) in [5.41, 5.74) is 1.45. The van der Waals surface area contributed by atoms with Crippen LogP contribution < -0.4 is 5.32 Å². The van der Waals surface area contributed by atoms with Gasteiger partial charge in [0.15, 0.2) is 0 Å². The number of rotatable bonds is 4. The predicted octanol–water partition coefficient (Wildman–Crippen LogP) is 5.76. The monoisotopic (exact) mass is 369 g/mol. The quantitative estimate of drug-likeness (QED) is 0.721. The van der Waals surface area contributed by atoms with E-state index >= 15 is 0 Å². The predicted molar refractivity (Wildman–Crippen MR) is 90.8 cm³/mol. The molecule has 1 unspecified atom stereocenters. The lowest BCUT2D eigenvalue weighted by atomic mass is 9.75. The Balaban J connectivity index is 1.53. The van der Waals surface area contributed by atoms with Gasteiger partial charge in [-0.05, 0) is 55.5 Å². The van der Waals surface area contributed by atoms with Gasteiger partial charge in [0, 0.05) is 21.4 Å². The molecule has 0 bridgehead atoms. The highest BCUT2D eigenvalue weighted by Gasteiger charge is 2.31. The van der Waals surface area contributed by atoms with E-state index in [1.54, 1.807) is 11.3 Å². The zero-order valence-electron chi connectivity index (χ0n) is 11.3. The Kier molecular flexibility index (Phi) is 4.51. The zero-order valence-corrected chi connectivity index (χ0v) is 14.4. The van der Waals surface area contributed by atoms with Gasteiger partial charge in [-0.1, -0.05) is 39.7 Å². The third-order valence-electron chi connectivity index (χ3n) is 3.96. The van der Waals surface area contributed by atoms with Gasteiger partial charge in [0.2, 0.25) is 0 Å². The van der Waals surface area contributed by atoms with Crippen LogP contribution >= 0.6 is 38.9 Å². The molecule has 1 heterocycles. The van der Waals surface area contributed by atoms with Gasteiger partial charge in [-0.15, -0.1) is 11.3 Å². The van der Waals surface area contributed by atoms with Crippen molar-refractivity contribution in [2.75, 3.05) is 0 Å². The largest absolute Gasteiger partial charge is 0.307 e. The summed E-state index contributed by atoms with van der Waals surface area (Å²) < 4.78 is 2.04. The Labute approximate surface area is 137 Å². The highest BCUT2D eigenvalue weighted by molar-refractivity contribution is 9.10. The molecule has 0 spiro atoms. The van der Waals surface area contributed by atoms with Crippen molar-refractivity contribution < 1.29 is 0 Å². The number of thiophene rings is 1. The van der Waals surface area contributed by atoms with E-state index in [9.17, 15) is 0 Å². The number of halogens is 2. The molecule has 0 saturated heterocycles. The maximum Gasteiger partial charge on any atom is 0.0931 e. The van der Waals surface area contributed by atoms with E-state index in [-0.39, 0.29) is 0 Å². The topological polar surface area (TPSA) is 12.0 Å². The molecule has 3 rings (SSSR count). The summed E-state index contributed by atoms with van der Waals surface area (Å²) in [7, 11) is 0. The lowest BCUT2D eigenvalue weighted by Gasteiger charge is -2.38. The van der Waals surface area contributed by atoms with Gasteiger partial charge < -0.3 is 5.32 Å². The van der Waals surface area contributed by atoms with Crippen molar-refractivity contribution in [3.63, 3.8) is 0 Å². The van der Waals surface area contributed by atoms with Gasteiger partial charge in [0.25, 0.3) is 0 Å². The Bertz CT molecular complexity index is 592. The summed E-state index contributed by atoms with van der Waals surface area (Å²) in [6.45, 7) is 2.22. The molecule has 106 valence electrons. The Morgan fingerprint density at radius 1 is 1.30 bits per heavy atom. The molecule has 1 nitrogen and oxygen atoms in total. The third-order valence-corrected chi connectivity index (χ3v) is 5.87. The lowest BCUT2D eigenvalue weighted by Crippen LogP contribution is -2.41. The van der Waals surface area contributed by atoms with Crippen molar-refractivity contribution in [2.45, 2.75) is 37.8 Å². The van der Waals surface area contributed by atoms with Crippen LogP contribution in [0.5, 0.6) is 0 Å². The Morgan fingerprint density at radius 3 is 2.75 bits per heavy atom. The fourth-order valence-corrected chi connectivity index (χ4v) is 4.27. The van der Waals surface area contributed by atoms with Crippen molar-refractivity contribution in [3.8, 4) is 0 Å². The minimum Gasteiger partial charge on any atom is -0.307 e. The molecule has 4 heteroatoms. The average Bonchev–Trinajstić information content (AvgIpc) is 2.80. The zero-order chi connectivity index (χ0) is 14.1. The van der Waals surface area contributed by atoms with Crippen LogP contribution in [0.25, 0.3) is 0 Å². The van der Waals surface area contributed by atoms with Gasteiger partial charge in [-0.25, -0.2) is 0 Å². The molecule has 2 aromatic rings. The maximum atomic E-state index is 5.99. The van der Waals surface area contributed by atoms with Crippen molar-refractivity contribution in [1.29, 1.82) is 0 Å². The standard InChI is InChI=1S/C16H17BrClNS/c1-10(15-5-6-16(18)20-15)19-14-8-12(9-14)11-3-2-4-13(17)7-11/h2-7,10,12,14,19H,8-9H2,1H3. The molecule has 1 N–H and O–H groups in total. The summed E-state index contributed by atoms with van der Waals surface area (Å²) >= 11 is 11.2.